The average molecular weight is 251 g/mol. The number of nitrogens with zero attached hydrogens (tertiary/aromatic N) is 1. The molecule has 98 valence electrons. The van der Waals surface area contributed by atoms with Gasteiger partial charge in [0.2, 0.25) is 5.91 Å². The van der Waals surface area contributed by atoms with Crippen LogP contribution in [0, 0.1) is 11.3 Å². The molecular formula is C12H27ClN2O. The predicted octanol–water partition coefficient (Wildman–Crippen LogP) is 2.29. The molecule has 0 aliphatic rings. The van der Waals surface area contributed by atoms with E-state index in [-0.39, 0.29) is 29.8 Å². The molecule has 3 nitrogen and oxygen atoms in total. The third-order valence-electron chi connectivity index (χ3n) is 2.64. The third-order valence-corrected chi connectivity index (χ3v) is 2.64. The van der Waals surface area contributed by atoms with E-state index in [1.807, 2.05) is 27.8 Å². The SMILES string of the molecule is CC(C)C(N)CCN(C)C(=O)C(C)(C)C.Cl. The maximum Gasteiger partial charge on any atom is 0.227 e. The average Bonchev–Trinajstić information content (AvgIpc) is 2.10. The lowest BCUT2D eigenvalue weighted by atomic mass is 9.94. The van der Waals surface area contributed by atoms with Crippen molar-refractivity contribution in [2.45, 2.75) is 47.1 Å². The molecule has 4 heteroatoms. The lowest BCUT2D eigenvalue weighted by Gasteiger charge is -2.27. The molecule has 16 heavy (non-hydrogen) atoms. The topological polar surface area (TPSA) is 46.3 Å². The molecule has 0 aromatic heterocycles. The van der Waals surface area contributed by atoms with E-state index in [2.05, 4.69) is 13.8 Å². The maximum atomic E-state index is 11.8. The van der Waals surface area contributed by atoms with E-state index in [0.29, 0.717) is 5.92 Å². The second-order valence-electron chi connectivity index (χ2n) is 5.67. The molecule has 1 unspecified atom stereocenters. The molecule has 0 aromatic rings. The zero-order valence-corrected chi connectivity index (χ0v) is 12.2. The first-order valence-corrected chi connectivity index (χ1v) is 5.67. The van der Waals surface area contributed by atoms with Gasteiger partial charge < -0.3 is 10.6 Å². The Morgan fingerprint density at radius 1 is 1.31 bits per heavy atom. The van der Waals surface area contributed by atoms with Crippen molar-refractivity contribution < 1.29 is 4.79 Å². The van der Waals surface area contributed by atoms with Crippen molar-refractivity contribution in [3.05, 3.63) is 0 Å². The lowest BCUT2D eigenvalue weighted by molar-refractivity contribution is -0.138. The molecule has 0 saturated carbocycles. The Bertz CT molecular complexity index is 212. The summed E-state index contributed by atoms with van der Waals surface area (Å²) in [5, 5.41) is 0. The smallest absolute Gasteiger partial charge is 0.227 e. The van der Waals surface area contributed by atoms with Crippen LogP contribution in [0.4, 0.5) is 0 Å². The minimum Gasteiger partial charge on any atom is -0.345 e. The summed E-state index contributed by atoms with van der Waals surface area (Å²) >= 11 is 0. The molecule has 0 fully saturated rings. The maximum absolute atomic E-state index is 11.8. The van der Waals surface area contributed by atoms with Gasteiger partial charge in [-0.2, -0.15) is 0 Å². The molecule has 0 radical (unpaired) electrons. The van der Waals surface area contributed by atoms with E-state index in [1.54, 1.807) is 4.90 Å². The summed E-state index contributed by atoms with van der Waals surface area (Å²) in [6.45, 7) is 10.8. The van der Waals surface area contributed by atoms with Crippen molar-refractivity contribution in [2.24, 2.45) is 17.1 Å². The first-order valence-electron chi connectivity index (χ1n) is 5.67. The highest BCUT2D eigenvalue weighted by atomic mass is 35.5. The van der Waals surface area contributed by atoms with E-state index in [1.165, 1.54) is 0 Å². The molecule has 2 N–H and O–H groups in total. The van der Waals surface area contributed by atoms with Crippen LogP contribution in [0.1, 0.15) is 41.0 Å². The molecule has 0 rings (SSSR count). The van der Waals surface area contributed by atoms with Gasteiger partial charge in [0.05, 0.1) is 0 Å². The van der Waals surface area contributed by atoms with Crippen molar-refractivity contribution in [1.29, 1.82) is 0 Å². The van der Waals surface area contributed by atoms with Crippen molar-refractivity contribution in [2.75, 3.05) is 13.6 Å². The molecule has 0 heterocycles. The number of hydrogen-bond donors (Lipinski definition) is 1. The minimum absolute atomic E-state index is 0. The van der Waals surface area contributed by atoms with Crippen LogP contribution in [-0.2, 0) is 4.79 Å². The molecule has 0 aliphatic carbocycles. The number of rotatable bonds is 4. The van der Waals surface area contributed by atoms with Gasteiger partial charge in [0.15, 0.2) is 0 Å². The number of amides is 1. The van der Waals surface area contributed by atoms with E-state index >= 15 is 0 Å². The zero-order chi connectivity index (χ0) is 12.2. The van der Waals surface area contributed by atoms with Crippen molar-refractivity contribution in [3.63, 3.8) is 0 Å². The van der Waals surface area contributed by atoms with E-state index in [4.69, 9.17) is 5.73 Å². The van der Waals surface area contributed by atoms with Crippen LogP contribution in [0.15, 0.2) is 0 Å². The summed E-state index contributed by atoms with van der Waals surface area (Å²) in [5.41, 5.74) is 5.64. The molecule has 0 bridgehead atoms. The van der Waals surface area contributed by atoms with Crippen molar-refractivity contribution in [1.82, 2.24) is 4.90 Å². The van der Waals surface area contributed by atoms with Crippen LogP contribution in [0.25, 0.3) is 0 Å². The summed E-state index contributed by atoms with van der Waals surface area (Å²) in [6.07, 6.45) is 0.871. The van der Waals surface area contributed by atoms with Gasteiger partial charge in [-0.05, 0) is 12.3 Å². The Morgan fingerprint density at radius 3 is 2.06 bits per heavy atom. The largest absolute Gasteiger partial charge is 0.345 e. The summed E-state index contributed by atoms with van der Waals surface area (Å²) in [7, 11) is 1.85. The van der Waals surface area contributed by atoms with Gasteiger partial charge in [0.25, 0.3) is 0 Å². The number of hydrogen-bond acceptors (Lipinski definition) is 2. The lowest BCUT2D eigenvalue weighted by Crippen LogP contribution is -2.39. The first kappa shape index (κ1) is 18.1. The fourth-order valence-corrected chi connectivity index (χ4v) is 1.35. The number of carbonyl (C=O) groups is 1. The molecule has 1 atom stereocenters. The van der Waals surface area contributed by atoms with E-state index in [9.17, 15) is 4.79 Å². The van der Waals surface area contributed by atoms with Crippen LogP contribution < -0.4 is 5.73 Å². The highest BCUT2D eigenvalue weighted by molar-refractivity contribution is 5.85. The van der Waals surface area contributed by atoms with Gasteiger partial charge in [-0.15, -0.1) is 12.4 Å². The summed E-state index contributed by atoms with van der Waals surface area (Å²) in [4.78, 5) is 13.6. The molecule has 1 amide bonds. The van der Waals surface area contributed by atoms with E-state index in [0.717, 1.165) is 13.0 Å². The fraction of sp³-hybridized carbons (Fsp3) is 0.917. The van der Waals surface area contributed by atoms with Crippen LogP contribution in [-0.4, -0.2) is 30.4 Å². The van der Waals surface area contributed by atoms with Crippen LogP contribution in [0.3, 0.4) is 0 Å². The summed E-state index contributed by atoms with van der Waals surface area (Å²) in [5.74, 6) is 0.654. The Hall–Kier alpha value is -0.280. The molecule has 0 saturated heterocycles. The summed E-state index contributed by atoms with van der Waals surface area (Å²) in [6, 6.07) is 0.181. The second kappa shape index (κ2) is 7.13. The predicted molar refractivity (Wildman–Crippen MR) is 71.8 cm³/mol. The number of carbonyl (C=O) groups excluding carboxylic acids is 1. The molecule has 0 aliphatic heterocycles. The number of halogens is 1. The van der Waals surface area contributed by atoms with Gasteiger partial charge >= 0.3 is 0 Å². The molecular weight excluding hydrogens is 224 g/mol. The Morgan fingerprint density at radius 2 is 1.75 bits per heavy atom. The van der Waals surface area contributed by atoms with Gasteiger partial charge in [-0.25, -0.2) is 0 Å². The van der Waals surface area contributed by atoms with Crippen molar-refractivity contribution >= 4 is 18.3 Å². The number of nitrogens with two attached hydrogens (primary N) is 1. The highest BCUT2D eigenvalue weighted by Crippen LogP contribution is 2.16. The summed E-state index contributed by atoms with van der Waals surface area (Å²) < 4.78 is 0. The first-order chi connectivity index (χ1) is 6.66. The Balaban J connectivity index is 0. The van der Waals surface area contributed by atoms with Crippen LogP contribution in [0.2, 0.25) is 0 Å². The van der Waals surface area contributed by atoms with Gasteiger partial charge in [-0.3, -0.25) is 4.79 Å². The zero-order valence-electron chi connectivity index (χ0n) is 11.4. The standard InChI is InChI=1S/C12H26N2O.ClH/c1-9(2)10(13)7-8-14(6)11(15)12(3,4)5;/h9-10H,7-8,13H2,1-6H3;1H. The third kappa shape index (κ3) is 6.33. The monoisotopic (exact) mass is 250 g/mol. The van der Waals surface area contributed by atoms with Crippen molar-refractivity contribution in [3.8, 4) is 0 Å². The van der Waals surface area contributed by atoms with Crippen LogP contribution in [0.5, 0.6) is 0 Å². The van der Waals surface area contributed by atoms with Gasteiger partial charge in [0.1, 0.15) is 0 Å². The quantitative estimate of drug-likeness (QED) is 0.832. The fourth-order valence-electron chi connectivity index (χ4n) is 1.35. The van der Waals surface area contributed by atoms with Gasteiger partial charge in [-0.1, -0.05) is 34.6 Å². The van der Waals surface area contributed by atoms with Crippen LogP contribution >= 0.6 is 12.4 Å². The Labute approximate surface area is 106 Å². The second-order valence-corrected chi connectivity index (χ2v) is 5.67. The van der Waals surface area contributed by atoms with E-state index < -0.39 is 0 Å². The molecule has 0 spiro atoms. The Kier molecular flexibility index (Phi) is 8.06. The minimum atomic E-state index is -0.295. The normalized spacial score (nSPS) is 13.2. The van der Waals surface area contributed by atoms with Gasteiger partial charge in [0, 0.05) is 25.0 Å². The highest BCUT2D eigenvalue weighted by Gasteiger charge is 2.25. The molecule has 0 aromatic carbocycles.